The van der Waals surface area contributed by atoms with Gasteiger partial charge in [-0.05, 0) is 23.6 Å². The second-order valence-corrected chi connectivity index (χ2v) is 4.99. The van der Waals surface area contributed by atoms with Crippen LogP contribution in [0.5, 0.6) is 5.75 Å². The fourth-order valence-electron chi connectivity index (χ4n) is 2.16. The standard InChI is InChI=1S/C16H20OS/c1-2-6-13(12-18)11-17-16-10-5-8-14-7-3-4-9-15(14)16/h3-5,7-10,13,18H,2,6,11-12H2,1H3. The van der Waals surface area contributed by atoms with Gasteiger partial charge in [0.05, 0.1) is 6.61 Å². The van der Waals surface area contributed by atoms with Crippen molar-refractivity contribution in [2.75, 3.05) is 12.4 Å². The maximum Gasteiger partial charge on any atom is 0.127 e. The lowest BCUT2D eigenvalue weighted by Crippen LogP contribution is -2.13. The molecule has 96 valence electrons. The van der Waals surface area contributed by atoms with E-state index in [0.717, 1.165) is 18.1 Å². The first kappa shape index (κ1) is 13.3. The van der Waals surface area contributed by atoms with Gasteiger partial charge in [0.25, 0.3) is 0 Å². The van der Waals surface area contributed by atoms with Crippen molar-refractivity contribution in [3.63, 3.8) is 0 Å². The first-order valence-electron chi connectivity index (χ1n) is 6.56. The van der Waals surface area contributed by atoms with Gasteiger partial charge in [0.1, 0.15) is 5.75 Å². The van der Waals surface area contributed by atoms with E-state index in [4.69, 9.17) is 4.74 Å². The summed E-state index contributed by atoms with van der Waals surface area (Å²) in [5.74, 6) is 2.41. The Bertz CT molecular complexity index is 490. The van der Waals surface area contributed by atoms with Crippen molar-refractivity contribution in [1.29, 1.82) is 0 Å². The Labute approximate surface area is 115 Å². The molecule has 2 rings (SSSR count). The Morgan fingerprint density at radius 2 is 1.89 bits per heavy atom. The van der Waals surface area contributed by atoms with E-state index in [-0.39, 0.29) is 0 Å². The molecular weight excluding hydrogens is 240 g/mol. The van der Waals surface area contributed by atoms with E-state index in [9.17, 15) is 0 Å². The molecule has 1 unspecified atom stereocenters. The summed E-state index contributed by atoms with van der Waals surface area (Å²) in [5.41, 5.74) is 0. The fraction of sp³-hybridized carbons (Fsp3) is 0.375. The zero-order valence-electron chi connectivity index (χ0n) is 10.8. The second kappa shape index (κ2) is 6.69. The van der Waals surface area contributed by atoms with Crippen LogP contribution in [-0.2, 0) is 0 Å². The summed E-state index contributed by atoms with van der Waals surface area (Å²) in [6.07, 6.45) is 2.36. The third-order valence-electron chi connectivity index (χ3n) is 3.18. The third-order valence-corrected chi connectivity index (χ3v) is 3.70. The summed E-state index contributed by atoms with van der Waals surface area (Å²) < 4.78 is 5.98. The SMILES string of the molecule is CCCC(CS)COc1cccc2ccccc12. The molecule has 0 aliphatic heterocycles. The third kappa shape index (κ3) is 3.20. The van der Waals surface area contributed by atoms with E-state index in [0.29, 0.717) is 5.92 Å². The highest BCUT2D eigenvalue weighted by Gasteiger charge is 2.08. The minimum absolute atomic E-state index is 0.539. The van der Waals surface area contributed by atoms with Gasteiger partial charge in [-0.2, -0.15) is 12.6 Å². The molecule has 0 aliphatic rings. The average Bonchev–Trinajstić information content (AvgIpc) is 2.43. The van der Waals surface area contributed by atoms with Crippen LogP contribution in [0.15, 0.2) is 42.5 Å². The molecule has 0 spiro atoms. The number of thiol groups is 1. The highest BCUT2D eigenvalue weighted by Crippen LogP contribution is 2.25. The summed E-state index contributed by atoms with van der Waals surface area (Å²) >= 11 is 4.39. The molecule has 0 N–H and O–H groups in total. The summed E-state index contributed by atoms with van der Waals surface area (Å²) in [4.78, 5) is 0. The molecule has 0 fully saturated rings. The van der Waals surface area contributed by atoms with E-state index in [1.54, 1.807) is 0 Å². The molecule has 0 bridgehead atoms. The van der Waals surface area contributed by atoms with Crippen LogP contribution < -0.4 is 4.74 Å². The molecule has 18 heavy (non-hydrogen) atoms. The minimum Gasteiger partial charge on any atom is -0.493 e. The van der Waals surface area contributed by atoms with Crippen molar-refractivity contribution in [3.05, 3.63) is 42.5 Å². The lowest BCUT2D eigenvalue weighted by molar-refractivity contribution is 0.257. The fourth-order valence-corrected chi connectivity index (χ4v) is 2.45. The van der Waals surface area contributed by atoms with Crippen LogP contribution in [0.1, 0.15) is 19.8 Å². The topological polar surface area (TPSA) is 9.23 Å². The molecule has 0 amide bonds. The Kier molecular flexibility index (Phi) is 4.94. The first-order chi connectivity index (χ1) is 8.85. The van der Waals surface area contributed by atoms with Gasteiger partial charge in [-0.1, -0.05) is 49.7 Å². The Balaban J connectivity index is 2.11. The van der Waals surface area contributed by atoms with Crippen LogP contribution in [0.3, 0.4) is 0 Å². The quantitative estimate of drug-likeness (QED) is 0.749. The number of hydrogen-bond donors (Lipinski definition) is 1. The Morgan fingerprint density at radius 3 is 2.67 bits per heavy atom. The molecule has 0 radical (unpaired) electrons. The molecule has 0 saturated heterocycles. The average molecular weight is 260 g/mol. The van der Waals surface area contributed by atoms with Gasteiger partial charge < -0.3 is 4.74 Å². The molecule has 0 aliphatic carbocycles. The van der Waals surface area contributed by atoms with Crippen LogP contribution in [0.25, 0.3) is 10.8 Å². The van der Waals surface area contributed by atoms with Crippen LogP contribution in [-0.4, -0.2) is 12.4 Å². The predicted octanol–water partition coefficient (Wildman–Crippen LogP) is 4.56. The van der Waals surface area contributed by atoms with Gasteiger partial charge in [0, 0.05) is 11.3 Å². The van der Waals surface area contributed by atoms with E-state index < -0.39 is 0 Å². The van der Waals surface area contributed by atoms with Crippen LogP contribution >= 0.6 is 12.6 Å². The zero-order chi connectivity index (χ0) is 12.8. The summed E-state index contributed by atoms with van der Waals surface area (Å²) in [6, 6.07) is 14.5. The van der Waals surface area contributed by atoms with E-state index in [1.165, 1.54) is 23.6 Å². The van der Waals surface area contributed by atoms with Crippen LogP contribution in [0.4, 0.5) is 0 Å². The van der Waals surface area contributed by atoms with Gasteiger partial charge >= 0.3 is 0 Å². The molecular formula is C16H20OS. The minimum atomic E-state index is 0.539. The Hall–Kier alpha value is -1.15. The molecule has 2 heteroatoms. The van der Waals surface area contributed by atoms with Crippen molar-refractivity contribution in [2.24, 2.45) is 5.92 Å². The van der Waals surface area contributed by atoms with E-state index in [2.05, 4.69) is 49.9 Å². The van der Waals surface area contributed by atoms with E-state index in [1.807, 2.05) is 12.1 Å². The highest BCUT2D eigenvalue weighted by molar-refractivity contribution is 7.80. The lowest BCUT2D eigenvalue weighted by atomic mass is 10.1. The van der Waals surface area contributed by atoms with Crippen molar-refractivity contribution in [1.82, 2.24) is 0 Å². The van der Waals surface area contributed by atoms with Gasteiger partial charge in [-0.3, -0.25) is 0 Å². The molecule has 0 saturated carbocycles. The maximum absolute atomic E-state index is 5.98. The normalized spacial score (nSPS) is 12.6. The molecule has 2 aromatic rings. The molecule has 2 aromatic carbocycles. The highest BCUT2D eigenvalue weighted by atomic mass is 32.1. The number of hydrogen-bond acceptors (Lipinski definition) is 2. The Morgan fingerprint density at radius 1 is 1.11 bits per heavy atom. The number of rotatable bonds is 6. The van der Waals surface area contributed by atoms with Gasteiger partial charge in [-0.25, -0.2) is 0 Å². The van der Waals surface area contributed by atoms with Crippen molar-refractivity contribution in [2.45, 2.75) is 19.8 Å². The van der Waals surface area contributed by atoms with Crippen molar-refractivity contribution >= 4 is 23.4 Å². The second-order valence-electron chi connectivity index (χ2n) is 4.63. The van der Waals surface area contributed by atoms with Crippen molar-refractivity contribution < 1.29 is 4.74 Å². The van der Waals surface area contributed by atoms with Gasteiger partial charge in [-0.15, -0.1) is 0 Å². The summed E-state index contributed by atoms with van der Waals surface area (Å²) in [5, 5.41) is 2.42. The number of fused-ring (bicyclic) bond motifs is 1. The zero-order valence-corrected chi connectivity index (χ0v) is 11.7. The molecule has 1 nitrogen and oxygen atoms in total. The maximum atomic E-state index is 5.98. The van der Waals surface area contributed by atoms with Gasteiger partial charge in [0.15, 0.2) is 0 Å². The summed E-state index contributed by atoms with van der Waals surface area (Å²) in [7, 11) is 0. The smallest absolute Gasteiger partial charge is 0.127 e. The van der Waals surface area contributed by atoms with Crippen molar-refractivity contribution in [3.8, 4) is 5.75 Å². The van der Waals surface area contributed by atoms with Crippen LogP contribution in [0, 0.1) is 5.92 Å². The van der Waals surface area contributed by atoms with E-state index >= 15 is 0 Å². The number of benzene rings is 2. The number of ether oxygens (including phenoxy) is 1. The van der Waals surface area contributed by atoms with Gasteiger partial charge in [0.2, 0.25) is 0 Å². The lowest BCUT2D eigenvalue weighted by Gasteiger charge is -2.15. The summed E-state index contributed by atoms with van der Waals surface area (Å²) in [6.45, 7) is 2.96. The molecule has 0 heterocycles. The van der Waals surface area contributed by atoms with Crippen LogP contribution in [0.2, 0.25) is 0 Å². The predicted molar refractivity (Wildman–Crippen MR) is 81.7 cm³/mol. The monoisotopic (exact) mass is 260 g/mol. The molecule has 1 atom stereocenters. The molecule has 0 aromatic heterocycles. The first-order valence-corrected chi connectivity index (χ1v) is 7.19. The largest absolute Gasteiger partial charge is 0.493 e.